The maximum Gasteiger partial charge on any atom is 0.253 e. The molecular formula is C30H37N7O2. The fourth-order valence-corrected chi connectivity index (χ4v) is 6.00. The maximum absolute atomic E-state index is 13.6. The fourth-order valence-electron chi connectivity index (χ4n) is 6.00. The van der Waals surface area contributed by atoms with Crippen LogP contribution in [0.3, 0.4) is 0 Å². The molecule has 2 aromatic carbocycles. The van der Waals surface area contributed by atoms with Crippen molar-refractivity contribution in [1.82, 2.24) is 30.1 Å². The predicted molar refractivity (Wildman–Crippen MR) is 152 cm³/mol. The first-order valence-electron chi connectivity index (χ1n) is 14.0. The smallest absolute Gasteiger partial charge is 0.253 e. The van der Waals surface area contributed by atoms with Crippen LogP contribution in [0.1, 0.15) is 52.5 Å². The zero-order chi connectivity index (χ0) is 27.1. The van der Waals surface area contributed by atoms with Gasteiger partial charge in [-0.05, 0) is 103 Å². The van der Waals surface area contributed by atoms with Gasteiger partial charge >= 0.3 is 0 Å². The Morgan fingerprint density at radius 3 is 2.56 bits per heavy atom. The van der Waals surface area contributed by atoms with Crippen molar-refractivity contribution in [2.75, 3.05) is 37.7 Å². The number of aryl methyl sites for hydroxylation is 4. The van der Waals surface area contributed by atoms with Gasteiger partial charge in [-0.25, -0.2) is 4.68 Å². The van der Waals surface area contributed by atoms with Crippen molar-refractivity contribution in [3.63, 3.8) is 0 Å². The Labute approximate surface area is 228 Å². The summed E-state index contributed by atoms with van der Waals surface area (Å²) < 4.78 is 7.75. The molecule has 0 aliphatic carbocycles. The van der Waals surface area contributed by atoms with E-state index in [1.165, 1.54) is 22.4 Å². The maximum atomic E-state index is 13.6. The Kier molecular flexibility index (Phi) is 6.95. The van der Waals surface area contributed by atoms with Crippen molar-refractivity contribution in [2.24, 2.45) is 0 Å². The van der Waals surface area contributed by atoms with Crippen LogP contribution in [-0.2, 0) is 11.3 Å². The molecule has 2 aromatic heterocycles. The molecule has 0 amide bonds. The van der Waals surface area contributed by atoms with Gasteiger partial charge in [0.25, 0.3) is 5.56 Å². The first-order chi connectivity index (χ1) is 18.9. The summed E-state index contributed by atoms with van der Waals surface area (Å²) in [5, 5.41) is 13.9. The number of ether oxygens (including phenoxy) is 1. The number of fused-ring (bicyclic) bond motifs is 1. The lowest BCUT2D eigenvalue weighted by molar-refractivity contribution is 0.0906. The van der Waals surface area contributed by atoms with Crippen LogP contribution in [0.15, 0.2) is 41.2 Å². The molecule has 0 unspecified atom stereocenters. The van der Waals surface area contributed by atoms with E-state index in [4.69, 9.17) is 4.74 Å². The third kappa shape index (κ3) is 5.08. The number of hydrogen-bond donors (Lipinski definition) is 1. The number of nitrogens with zero attached hydrogens (tertiary/aromatic N) is 6. The minimum absolute atomic E-state index is 0.0922. The number of aromatic amines is 1. The molecule has 39 heavy (non-hydrogen) atoms. The molecule has 4 heterocycles. The molecule has 9 nitrogen and oxygen atoms in total. The van der Waals surface area contributed by atoms with E-state index in [2.05, 4.69) is 88.3 Å². The summed E-state index contributed by atoms with van der Waals surface area (Å²) in [7, 11) is 0. The largest absolute Gasteiger partial charge is 0.376 e. The Balaban J connectivity index is 1.38. The summed E-state index contributed by atoms with van der Waals surface area (Å²) in [6.07, 6.45) is 2.14. The number of pyridine rings is 1. The van der Waals surface area contributed by atoms with Crippen LogP contribution < -0.4 is 10.5 Å². The van der Waals surface area contributed by atoms with Crippen LogP contribution in [-0.4, -0.2) is 69.0 Å². The molecule has 2 aliphatic heterocycles. The van der Waals surface area contributed by atoms with E-state index in [0.29, 0.717) is 17.9 Å². The van der Waals surface area contributed by atoms with Gasteiger partial charge in [-0.3, -0.25) is 9.69 Å². The van der Waals surface area contributed by atoms with Gasteiger partial charge in [-0.15, -0.1) is 5.10 Å². The summed E-state index contributed by atoms with van der Waals surface area (Å²) in [5.74, 6) is 0.694. The van der Waals surface area contributed by atoms with Gasteiger partial charge in [-0.2, -0.15) is 0 Å². The minimum Gasteiger partial charge on any atom is -0.376 e. The Morgan fingerprint density at radius 2 is 1.79 bits per heavy atom. The number of benzene rings is 2. The van der Waals surface area contributed by atoms with Gasteiger partial charge < -0.3 is 14.6 Å². The zero-order valence-electron chi connectivity index (χ0n) is 23.3. The van der Waals surface area contributed by atoms with Crippen molar-refractivity contribution in [1.29, 1.82) is 0 Å². The molecule has 204 valence electrons. The van der Waals surface area contributed by atoms with E-state index in [1.807, 2.05) is 10.7 Å². The molecule has 0 bridgehead atoms. The lowest BCUT2D eigenvalue weighted by Gasteiger charge is -2.40. The highest BCUT2D eigenvalue weighted by atomic mass is 16.5. The second kappa shape index (κ2) is 10.5. The molecule has 2 atom stereocenters. The summed E-state index contributed by atoms with van der Waals surface area (Å²) in [6, 6.07) is 12.5. The van der Waals surface area contributed by atoms with Gasteiger partial charge in [0.15, 0.2) is 5.82 Å². The second-order valence-corrected chi connectivity index (χ2v) is 11.1. The Morgan fingerprint density at radius 1 is 1.00 bits per heavy atom. The van der Waals surface area contributed by atoms with E-state index in [0.717, 1.165) is 62.1 Å². The number of rotatable bonds is 6. The number of piperazine rings is 1. The van der Waals surface area contributed by atoms with Crippen LogP contribution in [0.25, 0.3) is 10.9 Å². The standard InChI is InChI=1S/C30H37N7O2/c1-19-7-8-20(2)27(14-19)35-9-11-36(12-10-35)28(29-32-33-34-37(29)18-24-6-5-13-39-24)25-17-23-15-21(3)22(4)16-26(23)31-30(25)38/h7-8,14-17,24,28H,5-6,9-13,18H2,1-4H3,(H,31,38)/t24-,28+/m0/s1. The summed E-state index contributed by atoms with van der Waals surface area (Å²) in [4.78, 5) is 21.6. The topological polar surface area (TPSA) is 92.2 Å². The molecule has 0 saturated carbocycles. The highest BCUT2D eigenvalue weighted by Crippen LogP contribution is 2.31. The minimum atomic E-state index is -0.364. The fraction of sp³-hybridized carbons (Fsp3) is 0.467. The van der Waals surface area contributed by atoms with Crippen molar-refractivity contribution < 1.29 is 4.74 Å². The highest BCUT2D eigenvalue weighted by molar-refractivity contribution is 5.81. The number of aromatic nitrogens is 5. The molecule has 1 N–H and O–H groups in total. The van der Waals surface area contributed by atoms with E-state index in [-0.39, 0.29) is 17.7 Å². The average Bonchev–Trinajstić information content (AvgIpc) is 3.61. The lowest BCUT2D eigenvalue weighted by Crippen LogP contribution is -2.49. The number of anilines is 1. The number of hydrogen-bond acceptors (Lipinski definition) is 7. The molecule has 9 heteroatoms. The number of H-pyrrole nitrogens is 1. The molecule has 2 saturated heterocycles. The average molecular weight is 528 g/mol. The molecule has 4 aromatic rings. The van der Waals surface area contributed by atoms with Gasteiger partial charge in [0.1, 0.15) is 6.04 Å². The molecule has 2 fully saturated rings. The van der Waals surface area contributed by atoms with E-state index in [9.17, 15) is 4.79 Å². The second-order valence-electron chi connectivity index (χ2n) is 11.1. The number of tetrazole rings is 1. The predicted octanol–water partition coefficient (Wildman–Crippen LogP) is 3.84. The van der Waals surface area contributed by atoms with Gasteiger partial charge in [-0.1, -0.05) is 12.1 Å². The number of nitrogens with one attached hydrogen (secondary N) is 1. The van der Waals surface area contributed by atoms with Gasteiger partial charge in [0.2, 0.25) is 0 Å². The SMILES string of the molecule is Cc1ccc(C)c(N2CCN([C@H](c3cc4cc(C)c(C)cc4[nH]c3=O)c3nnnn3C[C@@H]3CCCO3)CC2)c1. The molecule has 0 spiro atoms. The molecule has 6 rings (SSSR count). The third-order valence-electron chi connectivity index (χ3n) is 8.37. The van der Waals surface area contributed by atoms with E-state index in [1.54, 1.807) is 0 Å². The molecular weight excluding hydrogens is 490 g/mol. The summed E-state index contributed by atoms with van der Waals surface area (Å²) in [6.45, 7) is 13.1. The first-order valence-corrected chi connectivity index (χ1v) is 14.0. The van der Waals surface area contributed by atoms with Crippen LogP contribution in [0, 0.1) is 27.7 Å². The quantitative estimate of drug-likeness (QED) is 0.407. The summed E-state index contributed by atoms with van der Waals surface area (Å²) >= 11 is 0. The molecule has 0 radical (unpaired) electrons. The van der Waals surface area contributed by atoms with Crippen LogP contribution >= 0.6 is 0 Å². The highest BCUT2D eigenvalue weighted by Gasteiger charge is 2.34. The van der Waals surface area contributed by atoms with Crippen molar-refractivity contribution >= 4 is 16.6 Å². The van der Waals surface area contributed by atoms with E-state index >= 15 is 0 Å². The molecule has 2 aliphatic rings. The van der Waals surface area contributed by atoms with Crippen LogP contribution in [0.5, 0.6) is 0 Å². The Hall–Kier alpha value is -3.56. The van der Waals surface area contributed by atoms with Gasteiger partial charge in [0, 0.05) is 49.6 Å². The summed E-state index contributed by atoms with van der Waals surface area (Å²) in [5.41, 5.74) is 7.61. The van der Waals surface area contributed by atoms with Gasteiger partial charge in [0.05, 0.1) is 12.6 Å². The normalized spacial score (nSPS) is 19.2. The van der Waals surface area contributed by atoms with Crippen LogP contribution in [0.4, 0.5) is 5.69 Å². The van der Waals surface area contributed by atoms with Crippen molar-refractivity contribution in [3.05, 3.63) is 80.4 Å². The van der Waals surface area contributed by atoms with Crippen molar-refractivity contribution in [2.45, 2.75) is 59.2 Å². The Bertz CT molecular complexity index is 1540. The lowest BCUT2D eigenvalue weighted by atomic mass is 10.00. The van der Waals surface area contributed by atoms with E-state index < -0.39 is 0 Å². The first kappa shape index (κ1) is 25.7. The monoisotopic (exact) mass is 527 g/mol. The van der Waals surface area contributed by atoms with Crippen molar-refractivity contribution in [3.8, 4) is 0 Å². The third-order valence-corrected chi connectivity index (χ3v) is 8.37. The zero-order valence-corrected chi connectivity index (χ0v) is 23.3. The van der Waals surface area contributed by atoms with Crippen LogP contribution in [0.2, 0.25) is 0 Å².